The molecule has 1 aliphatic heterocycles. The normalized spacial score (nSPS) is 23.0. The molecule has 0 aromatic heterocycles. The quantitative estimate of drug-likeness (QED) is 0.913. The van der Waals surface area contributed by atoms with Gasteiger partial charge < -0.3 is 10.5 Å². The van der Waals surface area contributed by atoms with Crippen LogP contribution in [0.2, 0.25) is 0 Å². The summed E-state index contributed by atoms with van der Waals surface area (Å²) < 4.78 is 18.8. The van der Waals surface area contributed by atoms with Gasteiger partial charge in [0.1, 0.15) is 11.9 Å². The Morgan fingerprint density at radius 3 is 2.55 bits per heavy atom. The maximum absolute atomic E-state index is 13.5. The summed E-state index contributed by atoms with van der Waals surface area (Å²) in [7, 11) is 1.65. The second kappa shape index (κ2) is 5.79. The van der Waals surface area contributed by atoms with E-state index >= 15 is 0 Å². The van der Waals surface area contributed by atoms with Gasteiger partial charge in [-0.25, -0.2) is 4.39 Å². The first-order valence-corrected chi connectivity index (χ1v) is 6.74. The number of rotatable bonds is 4. The molecule has 1 saturated heterocycles. The number of nitrogens with two attached hydrogens (primary N) is 1. The van der Waals surface area contributed by atoms with E-state index in [9.17, 15) is 9.18 Å². The van der Waals surface area contributed by atoms with Crippen molar-refractivity contribution in [2.75, 3.05) is 13.7 Å². The first-order chi connectivity index (χ1) is 9.42. The van der Waals surface area contributed by atoms with Crippen LogP contribution < -0.4 is 10.5 Å². The highest BCUT2D eigenvalue weighted by atomic mass is 19.1. The van der Waals surface area contributed by atoms with Crippen LogP contribution in [0.3, 0.4) is 0 Å². The van der Waals surface area contributed by atoms with E-state index in [-0.39, 0.29) is 13.0 Å². The Kier molecular flexibility index (Phi) is 4.28. The fraction of sp³-hybridized carbons (Fsp3) is 0.533. The van der Waals surface area contributed by atoms with Crippen LogP contribution in [-0.4, -0.2) is 36.7 Å². The Labute approximate surface area is 118 Å². The Balaban J connectivity index is 2.19. The standard InChI is InChI=1S/C15H21FN2O2/c1-9-4-11(5-10(2)14(9)20-3)7-18-8-12(16)6-13(18)15(17)19/h4-5,12-13H,6-8H2,1-3H3,(H2,17,19)/t12-,13+/m1/s1. The molecule has 2 N–H and O–H groups in total. The highest BCUT2D eigenvalue weighted by molar-refractivity contribution is 5.80. The third-order valence-corrected chi connectivity index (χ3v) is 3.79. The summed E-state index contributed by atoms with van der Waals surface area (Å²) in [5, 5.41) is 0. The van der Waals surface area contributed by atoms with Gasteiger partial charge in [-0.1, -0.05) is 12.1 Å². The van der Waals surface area contributed by atoms with Crippen LogP contribution in [0.15, 0.2) is 12.1 Å². The number of alkyl halides is 1. The number of nitrogens with zero attached hydrogens (tertiary/aromatic N) is 1. The molecule has 0 saturated carbocycles. The first kappa shape index (κ1) is 14.8. The fourth-order valence-corrected chi connectivity index (χ4v) is 3.01. The number of methoxy groups -OCH3 is 1. The van der Waals surface area contributed by atoms with Crippen molar-refractivity contribution in [1.29, 1.82) is 0 Å². The summed E-state index contributed by atoms with van der Waals surface area (Å²) in [5.74, 6) is 0.414. The van der Waals surface area contributed by atoms with E-state index in [1.807, 2.05) is 30.9 Å². The number of aryl methyl sites for hydroxylation is 2. The van der Waals surface area contributed by atoms with Crippen molar-refractivity contribution in [2.45, 2.75) is 39.0 Å². The average molecular weight is 280 g/mol. The molecule has 1 aromatic carbocycles. The molecule has 1 fully saturated rings. The molecule has 0 unspecified atom stereocenters. The second-order valence-corrected chi connectivity index (χ2v) is 5.44. The van der Waals surface area contributed by atoms with Crippen molar-refractivity contribution in [3.63, 3.8) is 0 Å². The topological polar surface area (TPSA) is 55.6 Å². The van der Waals surface area contributed by atoms with E-state index in [0.29, 0.717) is 6.54 Å². The second-order valence-electron chi connectivity index (χ2n) is 5.44. The van der Waals surface area contributed by atoms with Gasteiger partial charge in [0.25, 0.3) is 0 Å². The highest BCUT2D eigenvalue weighted by Gasteiger charge is 2.35. The van der Waals surface area contributed by atoms with Gasteiger partial charge in [-0.3, -0.25) is 9.69 Å². The molecular formula is C15H21FN2O2. The van der Waals surface area contributed by atoms with Crippen LogP contribution in [0, 0.1) is 13.8 Å². The van der Waals surface area contributed by atoms with Gasteiger partial charge in [0.05, 0.1) is 13.2 Å². The molecule has 2 rings (SSSR count). The third-order valence-electron chi connectivity index (χ3n) is 3.79. The number of ether oxygens (including phenoxy) is 1. The fourth-order valence-electron chi connectivity index (χ4n) is 3.01. The Morgan fingerprint density at radius 1 is 1.45 bits per heavy atom. The van der Waals surface area contributed by atoms with Gasteiger partial charge in [-0.05, 0) is 30.5 Å². The summed E-state index contributed by atoms with van der Waals surface area (Å²) in [6.45, 7) is 4.74. The summed E-state index contributed by atoms with van der Waals surface area (Å²) in [4.78, 5) is 13.2. The minimum absolute atomic E-state index is 0.198. The van der Waals surface area contributed by atoms with Crippen LogP contribution in [0.25, 0.3) is 0 Å². The molecule has 5 heteroatoms. The van der Waals surface area contributed by atoms with Crippen LogP contribution in [-0.2, 0) is 11.3 Å². The summed E-state index contributed by atoms with van der Waals surface area (Å²) >= 11 is 0. The lowest BCUT2D eigenvalue weighted by molar-refractivity contribution is -0.122. The molecule has 20 heavy (non-hydrogen) atoms. The van der Waals surface area contributed by atoms with Crippen molar-refractivity contribution in [3.05, 3.63) is 28.8 Å². The molecular weight excluding hydrogens is 259 g/mol. The molecule has 0 radical (unpaired) electrons. The van der Waals surface area contributed by atoms with E-state index in [1.54, 1.807) is 7.11 Å². The van der Waals surface area contributed by atoms with E-state index in [1.165, 1.54) is 0 Å². The van der Waals surface area contributed by atoms with Crippen molar-refractivity contribution < 1.29 is 13.9 Å². The van der Waals surface area contributed by atoms with Crippen LogP contribution in [0.4, 0.5) is 4.39 Å². The zero-order valence-corrected chi connectivity index (χ0v) is 12.1. The smallest absolute Gasteiger partial charge is 0.234 e. The molecule has 0 spiro atoms. The molecule has 1 amide bonds. The lowest BCUT2D eigenvalue weighted by atomic mass is 10.0. The first-order valence-electron chi connectivity index (χ1n) is 6.74. The van der Waals surface area contributed by atoms with Crippen molar-refractivity contribution in [2.24, 2.45) is 5.73 Å². The Bertz CT molecular complexity index is 496. The lowest BCUT2D eigenvalue weighted by Gasteiger charge is -2.22. The maximum atomic E-state index is 13.5. The Hall–Kier alpha value is -1.62. The van der Waals surface area contributed by atoms with Crippen molar-refractivity contribution >= 4 is 5.91 Å². The number of primary amides is 1. The minimum atomic E-state index is -0.979. The van der Waals surface area contributed by atoms with E-state index < -0.39 is 18.1 Å². The van der Waals surface area contributed by atoms with Crippen LogP contribution >= 0.6 is 0 Å². The molecule has 1 heterocycles. The van der Waals surface area contributed by atoms with E-state index in [2.05, 4.69) is 0 Å². The minimum Gasteiger partial charge on any atom is -0.496 e. The number of carbonyl (C=O) groups excluding carboxylic acids is 1. The molecule has 110 valence electrons. The molecule has 0 aliphatic carbocycles. The van der Waals surface area contributed by atoms with Crippen molar-refractivity contribution in [3.8, 4) is 5.75 Å². The predicted molar refractivity (Wildman–Crippen MR) is 75.4 cm³/mol. The number of halogens is 1. The van der Waals surface area contributed by atoms with E-state index in [0.717, 1.165) is 22.4 Å². The highest BCUT2D eigenvalue weighted by Crippen LogP contribution is 2.27. The zero-order chi connectivity index (χ0) is 14.9. The lowest BCUT2D eigenvalue weighted by Crippen LogP contribution is -2.39. The average Bonchev–Trinajstić information content (AvgIpc) is 2.70. The molecule has 1 aromatic rings. The van der Waals surface area contributed by atoms with Gasteiger partial charge in [0, 0.05) is 19.5 Å². The van der Waals surface area contributed by atoms with Gasteiger partial charge in [0.2, 0.25) is 5.91 Å². The number of benzene rings is 1. The number of hydrogen-bond acceptors (Lipinski definition) is 3. The third kappa shape index (κ3) is 2.93. The van der Waals surface area contributed by atoms with Gasteiger partial charge in [-0.2, -0.15) is 0 Å². The molecule has 2 atom stereocenters. The number of amides is 1. The predicted octanol–water partition coefficient (Wildman–Crippen LogP) is 1.71. The zero-order valence-electron chi connectivity index (χ0n) is 12.1. The number of carbonyl (C=O) groups is 1. The molecule has 1 aliphatic rings. The van der Waals surface area contributed by atoms with E-state index in [4.69, 9.17) is 10.5 Å². The van der Waals surface area contributed by atoms with Crippen LogP contribution in [0.1, 0.15) is 23.1 Å². The molecule has 0 bridgehead atoms. The monoisotopic (exact) mass is 280 g/mol. The van der Waals surface area contributed by atoms with Gasteiger partial charge in [-0.15, -0.1) is 0 Å². The Morgan fingerprint density at radius 2 is 2.05 bits per heavy atom. The van der Waals surface area contributed by atoms with Gasteiger partial charge in [0.15, 0.2) is 0 Å². The van der Waals surface area contributed by atoms with Gasteiger partial charge >= 0.3 is 0 Å². The summed E-state index contributed by atoms with van der Waals surface area (Å²) in [5.41, 5.74) is 8.46. The number of likely N-dealkylation sites (tertiary alicyclic amines) is 1. The SMILES string of the molecule is COc1c(C)cc(CN2C[C@H](F)C[C@H]2C(N)=O)cc1C. The summed E-state index contributed by atoms with van der Waals surface area (Å²) in [6, 6.07) is 3.51. The van der Waals surface area contributed by atoms with Crippen LogP contribution in [0.5, 0.6) is 5.75 Å². The maximum Gasteiger partial charge on any atom is 0.234 e. The van der Waals surface area contributed by atoms with Crippen molar-refractivity contribution in [1.82, 2.24) is 4.90 Å². The molecule has 4 nitrogen and oxygen atoms in total. The summed E-state index contributed by atoms with van der Waals surface area (Å²) in [6.07, 6.45) is -0.781. The number of hydrogen-bond donors (Lipinski definition) is 1. The largest absolute Gasteiger partial charge is 0.496 e.